The summed E-state index contributed by atoms with van der Waals surface area (Å²) in [6.07, 6.45) is 0. The van der Waals surface area contributed by atoms with Crippen molar-refractivity contribution in [2.75, 3.05) is 13.1 Å². The van der Waals surface area contributed by atoms with Crippen LogP contribution in [0.2, 0.25) is 0 Å². The predicted molar refractivity (Wildman–Crippen MR) is 67.9 cm³/mol. The molecular formula is C14H29N. The van der Waals surface area contributed by atoms with Gasteiger partial charge in [0.05, 0.1) is 0 Å². The fourth-order valence-corrected chi connectivity index (χ4v) is 3.36. The van der Waals surface area contributed by atoms with Crippen LogP contribution in [0.15, 0.2) is 0 Å². The van der Waals surface area contributed by atoms with Crippen LogP contribution in [-0.2, 0) is 0 Å². The molecule has 0 aromatic carbocycles. The number of hydrogen-bond donors (Lipinski definition) is 1. The highest BCUT2D eigenvalue weighted by Gasteiger charge is 2.37. The van der Waals surface area contributed by atoms with E-state index in [1.54, 1.807) is 0 Å². The van der Waals surface area contributed by atoms with Crippen LogP contribution in [0.25, 0.3) is 0 Å². The molecule has 2 atom stereocenters. The maximum atomic E-state index is 3.63. The fourth-order valence-electron chi connectivity index (χ4n) is 3.36. The van der Waals surface area contributed by atoms with E-state index in [1.165, 1.54) is 13.1 Å². The molecule has 0 bridgehead atoms. The van der Waals surface area contributed by atoms with Crippen molar-refractivity contribution in [3.63, 3.8) is 0 Å². The van der Waals surface area contributed by atoms with E-state index in [0.717, 1.165) is 35.5 Å². The van der Waals surface area contributed by atoms with Crippen LogP contribution in [0.4, 0.5) is 0 Å². The van der Waals surface area contributed by atoms with Crippen molar-refractivity contribution in [2.45, 2.75) is 41.5 Å². The lowest BCUT2D eigenvalue weighted by atomic mass is 9.65. The molecule has 1 fully saturated rings. The first-order chi connectivity index (χ1) is 6.95. The van der Waals surface area contributed by atoms with Crippen LogP contribution in [0.3, 0.4) is 0 Å². The summed E-state index contributed by atoms with van der Waals surface area (Å²) in [7, 11) is 0. The van der Waals surface area contributed by atoms with Gasteiger partial charge in [0.15, 0.2) is 0 Å². The lowest BCUT2D eigenvalue weighted by Crippen LogP contribution is -2.49. The summed E-state index contributed by atoms with van der Waals surface area (Å²) in [5, 5.41) is 3.63. The lowest BCUT2D eigenvalue weighted by Gasteiger charge is -2.45. The van der Waals surface area contributed by atoms with Crippen molar-refractivity contribution in [1.29, 1.82) is 0 Å². The van der Waals surface area contributed by atoms with Gasteiger partial charge in [-0.25, -0.2) is 0 Å². The molecular weight excluding hydrogens is 182 g/mol. The second-order valence-electron chi connectivity index (χ2n) is 6.30. The number of piperidine rings is 1. The first kappa shape index (κ1) is 13.0. The van der Waals surface area contributed by atoms with E-state index < -0.39 is 0 Å². The highest BCUT2D eigenvalue weighted by atomic mass is 14.9. The minimum Gasteiger partial charge on any atom is -0.316 e. The Labute approximate surface area is 96.0 Å². The molecule has 0 amide bonds. The lowest BCUT2D eigenvalue weighted by molar-refractivity contribution is 0.0616. The minimum atomic E-state index is 0.812. The quantitative estimate of drug-likeness (QED) is 0.754. The third kappa shape index (κ3) is 2.96. The number of nitrogens with one attached hydrogen (secondary N) is 1. The maximum Gasteiger partial charge on any atom is -0.00151 e. The van der Waals surface area contributed by atoms with Gasteiger partial charge in [0.25, 0.3) is 0 Å². The van der Waals surface area contributed by atoms with Gasteiger partial charge in [0.2, 0.25) is 0 Å². The van der Waals surface area contributed by atoms with Gasteiger partial charge in [-0.1, -0.05) is 41.5 Å². The molecule has 1 nitrogen and oxygen atoms in total. The van der Waals surface area contributed by atoms with Crippen molar-refractivity contribution in [3.8, 4) is 0 Å². The second-order valence-corrected chi connectivity index (χ2v) is 6.30. The van der Waals surface area contributed by atoms with Crippen LogP contribution in [0.5, 0.6) is 0 Å². The van der Waals surface area contributed by atoms with Gasteiger partial charge in [-0.2, -0.15) is 0 Å². The van der Waals surface area contributed by atoms with Crippen molar-refractivity contribution >= 4 is 0 Å². The third-order valence-electron chi connectivity index (χ3n) is 4.23. The zero-order valence-corrected chi connectivity index (χ0v) is 11.4. The Balaban J connectivity index is 2.80. The zero-order valence-electron chi connectivity index (χ0n) is 11.4. The molecule has 0 radical (unpaired) electrons. The summed E-state index contributed by atoms with van der Waals surface area (Å²) < 4.78 is 0. The average molecular weight is 211 g/mol. The Morgan fingerprint density at radius 1 is 0.733 bits per heavy atom. The van der Waals surface area contributed by atoms with Crippen LogP contribution < -0.4 is 5.32 Å². The van der Waals surface area contributed by atoms with Crippen LogP contribution in [0.1, 0.15) is 41.5 Å². The van der Waals surface area contributed by atoms with E-state index in [9.17, 15) is 0 Å². The summed E-state index contributed by atoms with van der Waals surface area (Å²) in [6.45, 7) is 16.8. The molecule has 1 N–H and O–H groups in total. The van der Waals surface area contributed by atoms with Gasteiger partial charge in [0.1, 0.15) is 0 Å². The Morgan fingerprint density at radius 2 is 1.13 bits per heavy atom. The van der Waals surface area contributed by atoms with Crippen LogP contribution in [0, 0.1) is 35.5 Å². The summed E-state index contributed by atoms with van der Waals surface area (Å²) in [5.74, 6) is 5.09. The predicted octanol–water partition coefficient (Wildman–Crippen LogP) is 3.41. The molecule has 90 valence electrons. The van der Waals surface area contributed by atoms with E-state index in [4.69, 9.17) is 0 Å². The molecule has 1 rings (SSSR count). The monoisotopic (exact) mass is 211 g/mol. The standard InChI is InChI=1S/C14H29N/c1-9(2)12-7-15-8-13(10(3)4)14(12)11(5)6/h9-15H,7-8H2,1-6H3. The van der Waals surface area contributed by atoms with E-state index >= 15 is 0 Å². The Kier molecular flexibility index (Phi) is 4.64. The van der Waals surface area contributed by atoms with Crippen molar-refractivity contribution in [1.82, 2.24) is 5.32 Å². The normalized spacial score (nSPS) is 33.0. The molecule has 0 aromatic rings. The zero-order chi connectivity index (χ0) is 11.6. The molecule has 1 heteroatoms. The highest BCUT2D eigenvalue weighted by Crippen LogP contribution is 2.38. The SMILES string of the molecule is CC(C)C1CNCC(C(C)C)C1C(C)C. The topological polar surface area (TPSA) is 12.0 Å². The molecule has 1 heterocycles. The fraction of sp³-hybridized carbons (Fsp3) is 1.00. The molecule has 0 saturated carbocycles. The van der Waals surface area contributed by atoms with Gasteiger partial charge < -0.3 is 5.32 Å². The number of rotatable bonds is 3. The number of hydrogen-bond acceptors (Lipinski definition) is 1. The van der Waals surface area contributed by atoms with Gasteiger partial charge >= 0.3 is 0 Å². The first-order valence-corrected chi connectivity index (χ1v) is 6.65. The molecule has 0 aromatic heterocycles. The molecule has 1 saturated heterocycles. The third-order valence-corrected chi connectivity index (χ3v) is 4.23. The largest absolute Gasteiger partial charge is 0.316 e. The second kappa shape index (κ2) is 5.34. The molecule has 0 aliphatic carbocycles. The Morgan fingerprint density at radius 3 is 1.40 bits per heavy atom. The summed E-state index contributed by atoms with van der Waals surface area (Å²) >= 11 is 0. The minimum absolute atomic E-state index is 0.812. The van der Waals surface area contributed by atoms with Gasteiger partial charge in [-0.15, -0.1) is 0 Å². The highest BCUT2D eigenvalue weighted by molar-refractivity contribution is 4.89. The Bertz CT molecular complexity index is 168. The van der Waals surface area contributed by atoms with E-state index in [-0.39, 0.29) is 0 Å². The smallest absolute Gasteiger partial charge is 0.00151 e. The van der Waals surface area contributed by atoms with Crippen molar-refractivity contribution in [3.05, 3.63) is 0 Å². The van der Waals surface area contributed by atoms with Gasteiger partial charge in [0, 0.05) is 0 Å². The van der Waals surface area contributed by atoms with Gasteiger partial charge in [-0.05, 0) is 48.6 Å². The van der Waals surface area contributed by atoms with E-state index in [1.807, 2.05) is 0 Å². The maximum absolute atomic E-state index is 3.63. The summed E-state index contributed by atoms with van der Waals surface area (Å²) in [6, 6.07) is 0. The van der Waals surface area contributed by atoms with Crippen LogP contribution in [-0.4, -0.2) is 13.1 Å². The summed E-state index contributed by atoms with van der Waals surface area (Å²) in [4.78, 5) is 0. The Hall–Kier alpha value is -0.0400. The van der Waals surface area contributed by atoms with Crippen molar-refractivity contribution in [2.24, 2.45) is 35.5 Å². The average Bonchev–Trinajstić information content (AvgIpc) is 2.16. The molecule has 1 aliphatic rings. The summed E-state index contributed by atoms with van der Waals surface area (Å²) in [5.41, 5.74) is 0. The van der Waals surface area contributed by atoms with E-state index in [0.29, 0.717) is 0 Å². The molecule has 2 unspecified atom stereocenters. The molecule has 15 heavy (non-hydrogen) atoms. The van der Waals surface area contributed by atoms with Crippen LogP contribution >= 0.6 is 0 Å². The van der Waals surface area contributed by atoms with Gasteiger partial charge in [-0.3, -0.25) is 0 Å². The molecule has 1 aliphatic heterocycles. The van der Waals surface area contributed by atoms with E-state index in [2.05, 4.69) is 46.9 Å². The van der Waals surface area contributed by atoms with Crippen molar-refractivity contribution < 1.29 is 0 Å². The first-order valence-electron chi connectivity index (χ1n) is 6.65. The molecule has 0 spiro atoms.